The summed E-state index contributed by atoms with van der Waals surface area (Å²) >= 11 is 2.39. The molecule has 3 heterocycles. The van der Waals surface area contributed by atoms with Gasteiger partial charge in [0.05, 0.1) is 10.6 Å². The molecule has 202 valence electrons. The summed E-state index contributed by atoms with van der Waals surface area (Å²) in [5.74, 6) is 0. The number of nitrogens with one attached hydrogen (secondary N) is 1. The number of fused-ring (bicyclic) bond motifs is 4. The Labute approximate surface area is 240 Å². The number of aromatic nitrogens is 1. The molecule has 2 aliphatic heterocycles. The van der Waals surface area contributed by atoms with Crippen LogP contribution in [0.4, 0.5) is 11.4 Å². The topological polar surface area (TPSA) is 101 Å². The number of anilines is 1. The van der Waals surface area contributed by atoms with Gasteiger partial charge in [-0.25, -0.2) is 12.7 Å². The van der Waals surface area contributed by atoms with Crippen molar-refractivity contribution >= 4 is 54.9 Å². The van der Waals surface area contributed by atoms with Crippen molar-refractivity contribution in [1.82, 2.24) is 13.8 Å². The Kier molecular flexibility index (Phi) is 6.44. The second kappa shape index (κ2) is 9.58. The highest BCUT2D eigenvalue weighted by molar-refractivity contribution is 14.1. The third-order valence-electron chi connectivity index (χ3n) is 8.17. The number of nitro benzene ring substituents is 1. The van der Waals surface area contributed by atoms with E-state index in [9.17, 15) is 18.5 Å². The summed E-state index contributed by atoms with van der Waals surface area (Å²) < 4.78 is 31.4. The van der Waals surface area contributed by atoms with Crippen LogP contribution < -0.4 is 5.32 Å². The molecule has 6 rings (SSSR count). The number of nitro groups is 1. The molecule has 39 heavy (non-hydrogen) atoms. The lowest BCUT2D eigenvalue weighted by Crippen LogP contribution is -2.46. The van der Waals surface area contributed by atoms with Crippen LogP contribution in [0.2, 0.25) is 0 Å². The summed E-state index contributed by atoms with van der Waals surface area (Å²) in [5.41, 5.74) is 3.86. The summed E-state index contributed by atoms with van der Waals surface area (Å²) in [6.45, 7) is 1.13. The molecule has 0 saturated carbocycles. The first-order valence-electron chi connectivity index (χ1n) is 12.7. The average Bonchev–Trinajstić information content (AvgIpc) is 3.58. The third kappa shape index (κ3) is 3.97. The second-order valence-corrected chi connectivity index (χ2v) is 13.4. The van der Waals surface area contributed by atoms with Crippen LogP contribution in [0.3, 0.4) is 0 Å². The van der Waals surface area contributed by atoms with Crippen molar-refractivity contribution < 1.29 is 13.3 Å². The van der Waals surface area contributed by atoms with Crippen LogP contribution in [0.15, 0.2) is 77.8 Å². The average molecular weight is 658 g/mol. The summed E-state index contributed by atoms with van der Waals surface area (Å²) in [6.07, 6.45) is 3.68. The maximum atomic E-state index is 13.3. The SMILES string of the molecule is CN1CC[C@]2(n3cc(CCN(C)S(=O)(=O)c4ccccc4[N+](=O)[O-])c4ccccc43)c3cccc(I)c3N[C@H]12. The van der Waals surface area contributed by atoms with Crippen molar-refractivity contribution in [3.8, 4) is 0 Å². The van der Waals surface area contributed by atoms with E-state index in [4.69, 9.17) is 0 Å². The summed E-state index contributed by atoms with van der Waals surface area (Å²) in [6, 6.07) is 20.2. The van der Waals surface area contributed by atoms with E-state index in [0.717, 1.165) is 29.4 Å². The fourth-order valence-electron chi connectivity index (χ4n) is 6.21. The van der Waals surface area contributed by atoms with Gasteiger partial charge in [0.1, 0.15) is 11.7 Å². The Morgan fingerprint density at radius 1 is 1.13 bits per heavy atom. The van der Waals surface area contributed by atoms with Gasteiger partial charge in [-0.3, -0.25) is 15.0 Å². The predicted octanol–water partition coefficient (Wildman–Crippen LogP) is 4.85. The van der Waals surface area contributed by atoms with Crippen molar-refractivity contribution in [2.24, 2.45) is 0 Å². The predicted molar refractivity (Wildman–Crippen MR) is 159 cm³/mol. The lowest BCUT2D eigenvalue weighted by atomic mass is 9.88. The molecule has 0 spiro atoms. The highest BCUT2D eigenvalue weighted by Crippen LogP contribution is 2.52. The highest BCUT2D eigenvalue weighted by atomic mass is 127. The number of likely N-dealkylation sites (tertiary alicyclic amines) is 1. The number of rotatable bonds is 7. The smallest absolute Gasteiger partial charge is 0.289 e. The number of para-hydroxylation sites is 3. The van der Waals surface area contributed by atoms with Crippen molar-refractivity contribution in [3.63, 3.8) is 0 Å². The zero-order chi connectivity index (χ0) is 27.5. The molecule has 3 aromatic carbocycles. The van der Waals surface area contributed by atoms with Crippen molar-refractivity contribution in [1.29, 1.82) is 0 Å². The number of hydrogen-bond acceptors (Lipinski definition) is 6. The molecule has 11 heteroatoms. The number of sulfonamides is 1. The molecular formula is C28H28IN5O4S. The minimum atomic E-state index is -4.05. The van der Waals surface area contributed by atoms with E-state index in [0.29, 0.717) is 6.42 Å². The zero-order valence-corrected chi connectivity index (χ0v) is 24.5. The van der Waals surface area contributed by atoms with E-state index in [1.807, 2.05) is 12.1 Å². The Hall–Kier alpha value is -3.00. The van der Waals surface area contributed by atoms with E-state index < -0.39 is 20.6 Å². The molecule has 9 nitrogen and oxygen atoms in total. The van der Waals surface area contributed by atoms with Gasteiger partial charge in [-0.05, 0) is 66.2 Å². The molecule has 1 N–H and O–H groups in total. The van der Waals surface area contributed by atoms with Gasteiger partial charge >= 0.3 is 0 Å². The van der Waals surface area contributed by atoms with Crippen molar-refractivity contribution in [2.45, 2.75) is 29.4 Å². The normalized spacial score (nSPS) is 20.8. The van der Waals surface area contributed by atoms with Gasteiger partial charge in [0.15, 0.2) is 4.90 Å². The highest BCUT2D eigenvalue weighted by Gasteiger charge is 2.55. The first-order chi connectivity index (χ1) is 18.7. The molecule has 2 atom stereocenters. The van der Waals surface area contributed by atoms with Crippen LogP contribution in [0.1, 0.15) is 17.5 Å². The summed E-state index contributed by atoms with van der Waals surface area (Å²) in [4.78, 5) is 12.9. The summed E-state index contributed by atoms with van der Waals surface area (Å²) in [7, 11) is -0.424. The zero-order valence-electron chi connectivity index (χ0n) is 21.5. The number of halogens is 1. The fourth-order valence-corrected chi connectivity index (χ4v) is 8.19. The van der Waals surface area contributed by atoms with Crippen molar-refractivity contribution in [2.75, 3.05) is 32.5 Å². The van der Waals surface area contributed by atoms with Crippen molar-refractivity contribution in [3.05, 3.63) is 97.7 Å². The van der Waals surface area contributed by atoms with Gasteiger partial charge in [0.25, 0.3) is 5.69 Å². The minimum Gasteiger partial charge on any atom is -0.366 e. The van der Waals surface area contributed by atoms with Gasteiger partial charge in [-0.1, -0.05) is 42.5 Å². The Bertz CT molecular complexity index is 1720. The standard InChI is InChI=1S/C28H28IN5O4S/c1-31-17-15-28(21-9-7-10-22(29)26(21)30-27(28)31)33-18-19(20-8-3-4-11-23(20)33)14-16-32(2)39(37,38)25-13-6-5-12-24(25)34(35)36/h3-13,18,27,30H,14-17H2,1-2H3/t27-,28+/m1/s1. The van der Waals surface area contributed by atoms with Crippen LogP contribution in [0.5, 0.6) is 0 Å². The van der Waals surface area contributed by atoms with E-state index in [2.05, 4.69) is 81.0 Å². The molecule has 0 radical (unpaired) electrons. The maximum Gasteiger partial charge on any atom is 0.289 e. The minimum absolute atomic E-state index is 0.0914. The van der Waals surface area contributed by atoms with Gasteiger partial charge < -0.3 is 9.88 Å². The Morgan fingerprint density at radius 3 is 2.67 bits per heavy atom. The third-order valence-corrected chi connectivity index (χ3v) is 11.0. The Morgan fingerprint density at radius 2 is 1.87 bits per heavy atom. The van der Waals surface area contributed by atoms with Crippen LogP contribution >= 0.6 is 22.6 Å². The molecule has 0 unspecified atom stereocenters. The lowest BCUT2D eigenvalue weighted by Gasteiger charge is -2.34. The van der Waals surface area contributed by atoms with E-state index in [1.54, 1.807) is 0 Å². The monoisotopic (exact) mass is 657 g/mol. The van der Waals surface area contributed by atoms with E-state index in [-0.39, 0.29) is 23.1 Å². The molecule has 1 aromatic heterocycles. The van der Waals surface area contributed by atoms with Gasteiger partial charge in [-0.2, -0.15) is 0 Å². The van der Waals surface area contributed by atoms with Crippen LogP contribution in [0, 0.1) is 13.7 Å². The Balaban J connectivity index is 1.39. The molecule has 0 bridgehead atoms. The van der Waals surface area contributed by atoms with Gasteiger partial charge in [-0.15, -0.1) is 0 Å². The molecule has 2 aliphatic rings. The summed E-state index contributed by atoms with van der Waals surface area (Å²) in [5, 5.41) is 16.3. The van der Waals surface area contributed by atoms with Crippen LogP contribution in [-0.4, -0.2) is 60.5 Å². The first kappa shape index (κ1) is 26.2. The molecule has 0 amide bonds. The number of benzene rings is 3. The van der Waals surface area contributed by atoms with Gasteiger partial charge in [0.2, 0.25) is 10.0 Å². The molecule has 0 aliphatic carbocycles. The molecule has 1 fully saturated rings. The van der Waals surface area contributed by atoms with E-state index in [1.165, 1.54) is 50.4 Å². The number of likely N-dealkylation sites (N-methyl/N-ethyl adjacent to an activating group) is 2. The lowest BCUT2D eigenvalue weighted by molar-refractivity contribution is -0.387. The van der Waals surface area contributed by atoms with Crippen LogP contribution in [-0.2, 0) is 22.0 Å². The molecule has 1 saturated heterocycles. The fraction of sp³-hybridized carbons (Fsp3) is 0.286. The first-order valence-corrected chi connectivity index (χ1v) is 15.2. The number of nitrogens with zero attached hydrogens (tertiary/aromatic N) is 4. The maximum absolute atomic E-state index is 13.3. The van der Waals surface area contributed by atoms with E-state index >= 15 is 0 Å². The largest absolute Gasteiger partial charge is 0.366 e. The van der Waals surface area contributed by atoms with Crippen LogP contribution in [0.25, 0.3) is 10.9 Å². The molecular weight excluding hydrogens is 629 g/mol. The van der Waals surface area contributed by atoms with Gasteiger partial charge in [0, 0.05) is 52.4 Å². The second-order valence-electron chi connectivity index (χ2n) is 10.2. The molecule has 4 aromatic rings. The number of hydrogen-bond donors (Lipinski definition) is 1. The quantitative estimate of drug-likeness (QED) is 0.173.